The molecule has 0 bridgehead atoms. The van der Waals surface area contributed by atoms with Gasteiger partial charge < -0.3 is 4.74 Å². The number of nitrogens with zero attached hydrogens (tertiary/aromatic N) is 2. The lowest BCUT2D eigenvalue weighted by Crippen LogP contribution is -2.29. The maximum atomic E-state index is 12.5. The van der Waals surface area contributed by atoms with Gasteiger partial charge in [0.25, 0.3) is 5.56 Å². The largest absolute Gasteiger partial charge is 0.460 e. The monoisotopic (exact) mass is 338 g/mol. The number of ether oxygens (including phenoxy) is 1. The minimum atomic E-state index is -0.565. The Morgan fingerprint density at radius 2 is 2.15 bits per heavy atom. The van der Waals surface area contributed by atoms with Crippen molar-refractivity contribution in [2.24, 2.45) is 0 Å². The number of esters is 1. The molecule has 0 aliphatic rings. The number of halogens is 1. The van der Waals surface area contributed by atoms with E-state index in [2.05, 4.69) is 20.9 Å². The molecule has 106 valence electrons. The van der Waals surface area contributed by atoms with E-state index in [0.717, 1.165) is 11.8 Å². The number of hydrogen-bond acceptors (Lipinski definition) is 4. The molecule has 2 aromatic rings. The van der Waals surface area contributed by atoms with E-state index in [-0.39, 0.29) is 18.0 Å². The van der Waals surface area contributed by atoms with Crippen LogP contribution in [0.4, 0.5) is 0 Å². The second-order valence-corrected chi connectivity index (χ2v) is 4.97. The lowest BCUT2D eigenvalue weighted by molar-refractivity contribution is 0.0504. The summed E-state index contributed by atoms with van der Waals surface area (Å²) >= 11 is 3.32. The Balaban J connectivity index is 2.63. The zero-order valence-corrected chi connectivity index (χ0v) is 12.7. The van der Waals surface area contributed by atoms with Gasteiger partial charge in [0, 0.05) is 11.9 Å². The molecule has 0 unspecified atom stereocenters. The van der Waals surface area contributed by atoms with Crippen molar-refractivity contribution in [2.75, 3.05) is 11.9 Å². The smallest absolute Gasteiger partial charge is 0.374 e. The third-order valence-electron chi connectivity index (χ3n) is 2.83. The Morgan fingerprint density at radius 1 is 1.40 bits per heavy atom. The molecule has 0 N–H and O–H groups in total. The predicted molar refractivity (Wildman–Crippen MR) is 80.4 cm³/mol. The van der Waals surface area contributed by atoms with E-state index in [4.69, 9.17) is 4.74 Å². The first kappa shape index (κ1) is 14.7. The van der Waals surface area contributed by atoms with Gasteiger partial charge >= 0.3 is 5.97 Å². The first-order chi connectivity index (χ1) is 9.69. The maximum Gasteiger partial charge on any atom is 0.374 e. The second-order valence-electron chi connectivity index (χ2n) is 4.17. The SMILES string of the molecule is CCOC(=O)c1nc2ccccc2c(=O)n1CCCBr. The van der Waals surface area contributed by atoms with Crippen molar-refractivity contribution >= 4 is 32.8 Å². The van der Waals surface area contributed by atoms with Crippen molar-refractivity contribution in [3.05, 3.63) is 40.4 Å². The van der Waals surface area contributed by atoms with Crippen LogP contribution in [0.2, 0.25) is 0 Å². The van der Waals surface area contributed by atoms with Crippen LogP contribution in [0, 0.1) is 0 Å². The molecular formula is C14H15BrN2O3. The zero-order chi connectivity index (χ0) is 14.5. The number of carbonyl (C=O) groups is 1. The fraction of sp³-hybridized carbons (Fsp3) is 0.357. The summed E-state index contributed by atoms with van der Waals surface area (Å²) in [6.07, 6.45) is 0.729. The Kier molecular flexibility index (Phi) is 4.89. The molecule has 0 spiro atoms. The normalized spacial score (nSPS) is 10.7. The molecule has 5 nitrogen and oxygen atoms in total. The standard InChI is InChI=1S/C14H15BrN2O3/c1-2-20-14(19)12-16-11-7-4-3-6-10(11)13(18)17(12)9-5-8-15/h3-4,6-7H,2,5,8-9H2,1H3. The van der Waals surface area contributed by atoms with E-state index in [9.17, 15) is 9.59 Å². The fourth-order valence-electron chi connectivity index (χ4n) is 1.94. The number of fused-ring (bicyclic) bond motifs is 1. The van der Waals surface area contributed by atoms with Gasteiger partial charge in [0.15, 0.2) is 0 Å². The molecule has 0 radical (unpaired) electrons. The van der Waals surface area contributed by atoms with E-state index >= 15 is 0 Å². The van der Waals surface area contributed by atoms with E-state index in [1.807, 2.05) is 0 Å². The van der Waals surface area contributed by atoms with Gasteiger partial charge in [0.05, 0.1) is 17.5 Å². The quantitative estimate of drug-likeness (QED) is 0.620. The number of hydrogen-bond donors (Lipinski definition) is 0. The summed E-state index contributed by atoms with van der Waals surface area (Å²) in [6, 6.07) is 7.00. The van der Waals surface area contributed by atoms with Gasteiger partial charge in [0.1, 0.15) is 0 Å². The molecule has 1 aromatic carbocycles. The van der Waals surface area contributed by atoms with Crippen molar-refractivity contribution < 1.29 is 9.53 Å². The van der Waals surface area contributed by atoms with E-state index < -0.39 is 5.97 Å². The topological polar surface area (TPSA) is 61.2 Å². The van der Waals surface area contributed by atoms with Gasteiger partial charge in [-0.05, 0) is 25.5 Å². The van der Waals surface area contributed by atoms with Gasteiger partial charge in [-0.25, -0.2) is 9.78 Å². The van der Waals surface area contributed by atoms with Crippen LogP contribution in [0.5, 0.6) is 0 Å². The highest BCUT2D eigenvalue weighted by atomic mass is 79.9. The number of rotatable bonds is 5. The summed E-state index contributed by atoms with van der Waals surface area (Å²) in [5, 5.41) is 1.25. The summed E-state index contributed by atoms with van der Waals surface area (Å²) in [5.41, 5.74) is 0.301. The molecule has 6 heteroatoms. The fourth-order valence-corrected chi connectivity index (χ4v) is 2.20. The highest BCUT2D eigenvalue weighted by Gasteiger charge is 2.17. The van der Waals surface area contributed by atoms with Crippen molar-refractivity contribution in [1.29, 1.82) is 0 Å². The number of aromatic nitrogens is 2. The van der Waals surface area contributed by atoms with Gasteiger partial charge in [-0.1, -0.05) is 28.1 Å². The third-order valence-corrected chi connectivity index (χ3v) is 3.40. The summed E-state index contributed by atoms with van der Waals surface area (Å²) in [4.78, 5) is 28.7. The van der Waals surface area contributed by atoms with Crippen molar-refractivity contribution in [1.82, 2.24) is 9.55 Å². The lowest BCUT2D eigenvalue weighted by atomic mass is 10.2. The van der Waals surface area contributed by atoms with Crippen LogP contribution in [0.25, 0.3) is 10.9 Å². The van der Waals surface area contributed by atoms with E-state index in [0.29, 0.717) is 17.4 Å². The van der Waals surface area contributed by atoms with Crippen LogP contribution in [0.15, 0.2) is 29.1 Å². The van der Waals surface area contributed by atoms with E-state index in [1.54, 1.807) is 31.2 Å². The Hall–Kier alpha value is -1.69. The van der Waals surface area contributed by atoms with Crippen LogP contribution < -0.4 is 5.56 Å². The molecule has 0 aliphatic heterocycles. The molecule has 0 saturated heterocycles. The van der Waals surface area contributed by atoms with Gasteiger partial charge in [-0.15, -0.1) is 0 Å². The zero-order valence-electron chi connectivity index (χ0n) is 11.1. The van der Waals surface area contributed by atoms with Gasteiger partial charge in [-0.3, -0.25) is 9.36 Å². The molecule has 1 heterocycles. The molecule has 0 aliphatic carbocycles. The van der Waals surface area contributed by atoms with Gasteiger partial charge in [-0.2, -0.15) is 0 Å². The minimum Gasteiger partial charge on any atom is -0.460 e. The van der Waals surface area contributed by atoms with Crippen LogP contribution in [-0.2, 0) is 11.3 Å². The molecule has 0 atom stereocenters. The first-order valence-electron chi connectivity index (χ1n) is 6.41. The Bertz CT molecular complexity index is 682. The summed E-state index contributed by atoms with van der Waals surface area (Å²) < 4.78 is 6.37. The second kappa shape index (κ2) is 6.65. The molecule has 20 heavy (non-hydrogen) atoms. The number of alkyl halides is 1. The van der Waals surface area contributed by atoms with Crippen molar-refractivity contribution in [2.45, 2.75) is 19.9 Å². The molecular weight excluding hydrogens is 324 g/mol. The maximum absolute atomic E-state index is 12.5. The molecule has 0 saturated carbocycles. The number of carbonyl (C=O) groups excluding carboxylic acids is 1. The number of benzene rings is 1. The average molecular weight is 339 g/mol. The van der Waals surface area contributed by atoms with Gasteiger partial charge in [0.2, 0.25) is 5.82 Å². The van der Waals surface area contributed by atoms with Crippen LogP contribution >= 0.6 is 15.9 Å². The molecule has 0 amide bonds. The summed E-state index contributed by atoms with van der Waals surface area (Å²) in [5.74, 6) is -0.499. The van der Waals surface area contributed by atoms with Crippen molar-refractivity contribution in [3.8, 4) is 0 Å². The summed E-state index contributed by atoms with van der Waals surface area (Å²) in [6.45, 7) is 2.40. The molecule has 0 fully saturated rings. The van der Waals surface area contributed by atoms with Crippen LogP contribution in [0.3, 0.4) is 0 Å². The lowest BCUT2D eigenvalue weighted by Gasteiger charge is -2.11. The number of para-hydroxylation sites is 1. The van der Waals surface area contributed by atoms with E-state index in [1.165, 1.54) is 4.57 Å². The molecule has 2 rings (SSSR count). The van der Waals surface area contributed by atoms with Crippen LogP contribution in [0.1, 0.15) is 24.0 Å². The average Bonchev–Trinajstić information content (AvgIpc) is 2.46. The molecule has 1 aromatic heterocycles. The van der Waals surface area contributed by atoms with Crippen molar-refractivity contribution in [3.63, 3.8) is 0 Å². The van der Waals surface area contributed by atoms with Crippen LogP contribution in [-0.4, -0.2) is 27.5 Å². The third kappa shape index (κ3) is 2.90. The first-order valence-corrected chi connectivity index (χ1v) is 7.53. The summed E-state index contributed by atoms with van der Waals surface area (Å²) in [7, 11) is 0. The minimum absolute atomic E-state index is 0.0662. The highest BCUT2D eigenvalue weighted by Crippen LogP contribution is 2.09. The Morgan fingerprint density at radius 3 is 2.85 bits per heavy atom. The predicted octanol–water partition coefficient (Wildman–Crippen LogP) is 2.36. The Labute approximate surface area is 124 Å². The highest BCUT2D eigenvalue weighted by molar-refractivity contribution is 9.09.